The SMILES string of the molecule is C=C1/C=C\C=C(\N(c2ccccc2)c2ccc3c(c2)oc2c4ccc(N(c5ccccc5)c5ccc6oc7ccccc7c6c5)cc4c4ccccc4c32)COc2ccccc21. The number of fused-ring (bicyclic) bond motifs is 12. The van der Waals surface area contributed by atoms with Gasteiger partial charge in [-0.15, -0.1) is 0 Å². The highest BCUT2D eigenvalue weighted by atomic mass is 16.5. The maximum atomic E-state index is 7.04. The predicted octanol–water partition coefficient (Wildman–Crippen LogP) is 15.9. The Kier molecular flexibility index (Phi) is 8.32. The second-order valence-corrected chi connectivity index (χ2v) is 15.7. The number of rotatable bonds is 6. The van der Waals surface area contributed by atoms with Crippen molar-refractivity contribution < 1.29 is 13.6 Å². The smallest absolute Gasteiger partial charge is 0.143 e. The van der Waals surface area contributed by atoms with E-state index < -0.39 is 0 Å². The number of benzene rings is 9. The number of hydrogen-bond donors (Lipinski definition) is 0. The molecule has 0 aliphatic carbocycles. The fourth-order valence-electron chi connectivity index (χ4n) is 9.21. The molecule has 1 aliphatic rings. The lowest BCUT2D eigenvalue weighted by molar-refractivity contribution is 0.349. The van der Waals surface area contributed by atoms with Gasteiger partial charge in [-0.1, -0.05) is 116 Å². The lowest BCUT2D eigenvalue weighted by Crippen LogP contribution is -2.21. The Hall–Kier alpha value is -8.28. The first-order chi connectivity index (χ1) is 30.7. The molecule has 0 bridgehead atoms. The van der Waals surface area contributed by atoms with Gasteiger partial charge < -0.3 is 23.4 Å². The van der Waals surface area contributed by atoms with Crippen LogP contribution in [0.3, 0.4) is 0 Å². The molecule has 294 valence electrons. The molecule has 62 heavy (non-hydrogen) atoms. The van der Waals surface area contributed by atoms with Gasteiger partial charge in [0.2, 0.25) is 0 Å². The Morgan fingerprint density at radius 2 is 1.03 bits per heavy atom. The van der Waals surface area contributed by atoms with Crippen molar-refractivity contribution in [3.8, 4) is 5.75 Å². The topological polar surface area (TPSA) is 42.0 Å². The summed E-state index contributed by atoms with van der Waals surface area (Å²) in [5.41, 5.74) is 11.4. The minimum atomic E-state index is 0.353. The van der Waals surface area contributed by atoms with Crippen molar-refractivity contribution in [1.29, 1.82) is 0 Å². The quantitative estimate of drug-likeness (QED) is 0.157. The number of nitrogens with zero attached hydrogens (tertiary/aromatic N) is 2. The number of hydrogen-bond acceptors (Lipinski definition) is 5. The van der Waals surface area contributed by atoms with E-state index in [9.17, 15) is 0 Å². The zero-order chi connectivity index (χ0) is 41.1. The lowest BCUT2D eigenvalue weighted by Gasteiger charge is -2.28. The summed E-state index contributed by atoms with van der Waals surface area (Å²) in [5.74, 6) is 0.803. The van der Waals surface area contributed by atoms with Gasteiger partial charge in [-0.05, 0) is 113 Å². The zero-order valence-electron chi connectivity index (χ0n) is 33.7. The van der Waals surface area contributed by atoms with Crippen molar-refractivity contribution in [2.24, 2.45) is 0 Å². The average molecular weight is 799 g/mol. The molecule has 0 atom stereocenters. The highest BCUT2D eigenvalue weighted by molar-refractivity contribution is 6.30. The molecule has 3 heterocycles. The Bertz CT molecular complexity index is 3620. The molecule has 0 unspecified atom stereocenters. The largest absolute Gasteiger partial charge is 0.487 e. The van der Waals surface area contributed by atoms with Crippen LogP contribution in [-0.2, 0) is 0 Å². The fourth-order valence-corrected chi connectivity index (χ4v) is 9.21. The van der Waals surface area contributed by atoms with Gasteiger partial charge in [-0.25, -0.2) is 0 Å². The fraction of sp³-hybridized carbons (Fsp3) is 0.0175. The maximum absolute atomic E-state index is 7.04. The maximum Gasteiger partial charge on any atom is 0.143 e. The highest BCUT2D eigenvalue weighted by Gasteiger charge is 2.22. The van der Waals surface area contributed by atoms with Crippen molar-refractivity contribution in [3.05, 3.63) is 224 Å². The first-order valence-corrected chi connectivity index (χ1v) is 20.9. The van der Waals surface area contributed by atoms with Gasteiger partial charge in [0.25, 0.3) is 0 Å². The normalized spacial score (nSPS) is 14.3. The molecule has 0 saturated carbocycles. The van der Waals surface area contributed by atoms with Crippen LogP contribution < -0.4 is 14.5 Å². The molecule has 1 aliphatic heterocycles. The molecule has 5 nitrogen and oxygen atoms in total. The number of para-hydroxylation sites is 4. The van der Waals surface area contributed by atoms with Crippen LogP contribution in [0.2, 0.25) is 0 Å². The van der Waals surface area contributed by atoms with E-state index >= 15 is 0 Å². The molecule has 9 aromatic carbocycles. The van der Waals surface area contributed by atoms with Gasteiger partial charge in [0.05, 0.1) is 5.70 Å². The predicted molar refractivity (Wildman–Crippen MR) is 257 cm³/mol. The van der Waals surface area contributed by atoms with E-state index in [0.717, 1.165) is 111 Å². The Balaban J connectivity index is 1.02. The minimum absolute atomic E-state index is 0.353. The third kappa shape index (κ3) is 5.86. The van der Waals surface area contributed by atoms with E-state index in [1.54, 1.807) is 0 Å². The van der Waals surface area contributed by atoms with Crippen LogP contribution in [0.5, 0.6) is 5.75 Å². The molecule has 0 radical (unpaired) electrons. The van der Waals surface area contributed by atoms with Gasteiger partial charge in [0, 0.05) is 67.0 Å². The average Bonchev–Trinajstić information content (AvgIpc) is 3.92. The highest BCUT2D eigenvalue weighted by Crippen LogP contribution is 2.46. The van der Waals surface area contributed by atoms with Gasteiger partial charge in [0.1, 0.15) is 34.7 Å². The second-order valence-electron chi connectivity index (χ2n) is 15.7. The molecule has 2 aromatic heterocycles. The number of furan rings is 2. The summed E-state index contributed by atoms with van der Waals surface area (Å²) in [7, 11) is 0. The van der Waals surface area contributed by atoms with Crippen LogP contribution in [0.25, 0.3) is 71.0 Å². The van der Waals surface area contributed by atoms with Crippen molar-refractivity contribution in [1.82, 2.24) is 0 Å². The number of allylic oxidation sites excluding steroid dienone is 4. The molecule has 11 aromatic rings. The first kappa shape index (κ1) is 35.6. The molecule has 5 heteroatoms. The van der Waals surface area contributed by atoms with E-state index in [1.165, 1.54) is 5.39 Å². The third-order valence-corrected chi connectivity index (χ3v) is 12.1. The van der Waals surface area contributed by atoms with E-state index in [4.69, 9.17) is 13.6 Å². The molecular formula is C57H38N2O3. The summed E-state index contributed by atoms with van der Waals surface area (Å²) >= 11 is 0. The third-order valence-electron chi connectivity index (χ3n) is 12.1. The number of anilines is 5. The molecule has 0 saturated heterocycles. The Morgan fingerprint density at radius 1 is 0.419 bits per heavy atom. The lowest BCUT2D eigenvalue weighted by atomic mass is 9.96. The van der Waals surface area contributed by atoms with E-state index in [2.05, 4.69) is 174 Å². The Labute approximate surface area is 357 Å². The number of ether oxygens (including phenoxy) is 1. The summed E-state index contributed by atoms with van der Waals surface area (Å²) in [6.07, 6.45) is 6.21. The summed E-state index contributed by atoms with van der Waals surface area (Å²) < 4.78 is 19.8. The van der Waals surface area contributed by atoms with Gasteiger partial charge in [-0.3, -0.25) is 0 Å². The van der Waals surface area contributed by atoms with E-state index in [-0.39, 0.29) is 0 Å². The summed E-state index contributed by atoms with van der Waals surface area (Å²) in [6, 6.07) is 65.7. The summed E-state index contributed by atoms with van der Waals surface area (Å²) in [5, 5.41) is 8.84. The van der Waals surface area contributed by atoms with Crippen LogP contribution in [0.15, 0.2) is 227 Å². The van der Waals surface area contributed by atoms with E-state index in [0.29, 0.717) is 6.61 Å². The van der Waals surface area contributed by atoms with Gasteiger partial charge in [0.15, 0.2) is 0 Å². The second kappa shape index (κ2) is 14.5. The summed E-state index contributed by atoms with van der Waals surface area (Å²) in [4.78, 5) is 4.57. The minimum Gasteiger partial charge on any atom is -0.487 e. The van der Waals surface area contributed by atoms with Crippen LogP contribution in [0.1, 0.15) is 5.56 Å². The van der Waals surface area contributed by atoms with Crippen LogP contribution in [0.4, 0.5) is 28.4 Å². The standard InChI is InChI=1S/C57H38N2O3/c1-37-15-14-20-43(36-60-52-25-12-10-21-44(37)52)59(39-18-6-3-7-19-39)42-28-31-49-55(35-42)62-57-48-30-27-40(33-50(48)45-22-8-9-24-47(45)56(49)57)58(38-16-4-2-5-17-38)41-29-32-54-51(34-41)46-23-11-13-26-53(46)61-54/h2-35H,1,36H2/b15-14-,43-20+. The van der Waals surface area contributed by atoms with Crippen LogP contribution in [-0.4, -0.2) is 6.61 Å². The monoisotopic (exact) mass is 798 g/mol. The zero-order valence-corrected chi connectivity index (χ0v) is 33.7. The first-order valence-electron chi connectivity index (χ1n) is 20.9. The Morgan fingerprint density at radius 3 is 1.84 bits per heavy atom. The van der Waals surface area contributed by atoms with Gasteiger partial charge in [-0.2, -0.15) is 0 Å². The van der Waals surface area contributed by atoms with Crippen LogP contribution in [0, 0.1) is 0 Å². The van der Waals surface area contributed by atoms with Crippen molar-refractivity contribution in [2.45, 2.75) is 0 Å². The van der Waals surface area contributed by atoms with E-state index in [1.807, 2.05) is 48.5 Å². The molecule has 0 spiro atoms. The van der Waals surface area contributed by atoms with Crippen molar-refractivity contribution in [3.63, 3.8) is 0 Å². The molecule has 0 fully saturated rings. The molecule has 0 amide bonds. The van der Waals surface area contributed by atoms with Crippen LogP contribution >= 0.6 is 0 Å². The molecule has 12 rings (SSSR count). The van der Waals surface area contributed by atoms with Gasteiger partial charge >= 0.3 is 0 Å². The van der Waals surface area contributed by atoms with Crippen molar-refractivity contribution in [2.75, 3.05) is 16.4 Å². The summed E-state index contributed by atoms with van der Waals surface area (Å²) in [6.45, 7) is 4.67. The molecule has 0 N–H and O–H groups in total. The van der Waals surface area contributed by atoms with Crippen molar-refractivity contribution >= 4 is 99.4 Å². The molecular weight excluding hydrogens is 761 g/mol.